The predicted octanol–water partition coefficient (Wildman–Crippen LogP) is 3.76. The third kappa shape index (κ3) is 3.62. The number of nitrogens with one attached hydrogen (secondary N) is 1. The summed E-state index contributed by atoms with van der Waals surface area (Å²) < 4.78 is 5.27. The topological polar surface area (TPSA) is 21.3 Å². The van der Waals surface area contributed by atoms with E-state index in [1.807, 2.05) is 0 Å². The van der Waals surface area contributed by atoms with E-state index in [-0.39, 0.29) is 0 Å². The van der Waals surface area contributed by atoms with Crippen LogP contribution in [-0.2, 0) is 11.2 Å². The maximum absolute atomic E-state index is 5.27. The largest absolute Gasteiger partial charge is 0.385 e. The molecule has 2 heteroatoms. The monoisotopic (exact) mass is 275 g/mol. The standard InChI is InChI=1S/C18H29NO/c1-4-12-19-18(14(2)11-13-20-3)17-10-9-15-7-5-6-8-16(15)17/h5-8,14,17-19H,4,9-13H2,1-3H3. The van der Waals surface area contributed by atoms with Crippen molar-refractivity contribution in [2.24, 2.45) is 5.92 Å². The second-order valence-electron chi connectivity index (χ2n) is 6.08. The van der Waals surface area contributed by atoms with Crippen LogP contribution in [0.25, 0.3) is 0 Å². The predicted molar refractivity (Wildman–Crippen MR) is 85.2 cm³/mol. The van der Waals surface area contributed by atoms with Crippen LogP contribution in [0.2, 0.25) is 0 Å². The quantitative estimate of drug-likeness (QED) is 0.780. The van der Waals surface area contributed by atoms with Crippen LogP contribution in [0.5, 0.6) is 0 Å². The molecule has 0 bridgehead atoms. The van der Waals surface area contributed by atoms with Gasteiger partial charge in [0, 0.05) is 25.7 Å². The number of methoxy groups -OCH3 is 1. The third-order valence-corrected chi connectivity index (χ3v) is 4.63. The number of ether oxygens (including phenoxy) is 1. The van der Waals surface area contributed by atoms with E-state index >= 15 is 0 Å². The molecule has 2 rings (SSSR count). The lowest BCUT2D eigenvalue weighted by molar-refractivity contribution is 0.165. The van der Waals surface area contributed by atoms with Crippen molar-refractivity contribution >= 4 is 0 Å². The van der Waals surface area contributed by atoms with Gasteiger partial charge in [0.1, 0.15) is 0 Å². The molecule has 0 saturated heterocycles. The zero-order valence-electron chi connectivity index (χ0n) is 13.2. The molecule has 0 saturated carbocycles. The SMILES string of the molecule is CCCNC(C(C)CCOC)C1CCc2ccccc21. The number of fused-ring (bicyclic) bond motifs is 1. The van der Waals surface area contributed by atoms with Crippen LogP contribution < -0.4 is 5.32 Å². The molecule has 0 amide bonds. The number of hydrogen-bond acceptors (Lipinski definition) is 2. The summed E-state index contributed by atoms with van der Waals surface area (Å²) in [6.07, 6.45) is 4.86. The van der Waals surface area contributed by atoms with Gasteiger partial charge < -0.3 is 10.1 Å². The third-order valence-electron chi connectivity index (χ3n) is 4.63. The molecule has 0 heterocycles. The molecule has 1 aliphatic rings. The van der Waals surface area contributed by atoms with Gasteiger partial charge in [0.05, 0.1) is 0 Å². The Balaban J connectivity index is 2.10. The number of hydrogen-bond donors (Lipinski definition) is 1. The van der Waals surface area contributed by atoms with Gasteiger partial charge in [0.25, 0.3) is 0 Å². The summed E-state index contributed by atoms with van der Waals surface area (Å²) in [7, 11) is 1.80. The van der Waals surface area contributed by atoms with Crippen LogP contribution in [0, 0.1) is 5.92 Å². The van der Waals surface area contributed by atoms with Crippen molar-refractivity contribution in [2.45, 2.75) is 51.5 Å². The Morgan fingerprint density at radius 3 is 2.90 bits per heavy atom. The fourth-order valence-electron chi connectivity index (χ4n) is 3.50. The molecule has 1 aliphatic carbocycles. The van der Waals surface area contributed by atoms with Gasteiger partial charge in [-0.05, 0) is 49.3 Å². The van der Waals surface area contributed by atoms with E-state index in [0.717, 1.165) is 19.6 Å². The van der Waals surface area contributed by atoms with E-state index in [1.54, 1.807) is 18.2 Å². The van der Waals surface area contributed by atoms with E-state index in [9.17, 15) is 0 Å². The fraction of sp³-hybridized carbons (Fsp3) is 0.667. The summed E-state index contributed by atoms with van der Waals surface area (Å²) in [5.41, 5.74) is 3.13. The molecule has 2 nitrogen and oxygen atoms in total. The molecule has 0 spiro atoms. The molecule has 0 aromatic heterocycles. The van der Waals surface area contributed by atoms with Crippen LogP contribution in [0.15, 0.2) is 24.3 Å². The van der Waals surface area contributed by atoms with Gasteiger partial charge in [-0.25, -0.2) is 0 Å². The molecular formula is C18H29NO. The lowest BCUT2D eigenvalue weighted by Crippen LogP contribution is -2.40. The zero-order valence-corrected chi connectivity index (χ0v) is 13.2. The lowest BCUT2D eigenvalue weighted by atomic mass is 9.83. The van der Waals surface area contributed by atoms with Crippen LogP contribution in [0.3, 0.4) is 0 Å². The van der Waals surface area contributed by atoms with Gasteiger partial charge in [0.2, 0.25) is 0 Å². The van der Waals surface area contributed by atoms with Crippen molar-refractivity contribution in [1.82, 2.24) is 5.32 Å². The lowest BCUT2D eigenvalue weighted by Gasteiger charge is -2.31. The highest BCUT2D eigenvalue weighted by Gasteiger charge is 2.32. The Morgan fingerprint density at radius 2 is 2.15 bits per heavy atom. The first-order valence-corrected chi connectivity index (χ1v) is 8.08. The normalized spacial score (nSPS) is 20.6. The first kappa shape index (κ1) is 15.5. The fourth-order valence-corrected chi connectivity index (χ4v) is 3.50. The summed E-state index contributed by atoms with van der Waals surface area (Å²) in [4.78, 5) is 0. The van der Waals surface area contributed by atoms with Crippen molar-refractivity contribution in [2.75, 3.05) is 20.3 Å². The first-order chi connectivity index (χ1) is 9.77. The highest BCUT2D eigenvalue weighted by Crippen LogP contribution is 2.38. The number of rotatable bonds is 8. The summed E-state index contributed by atoms with van der Waals surface area (Å²) >= 11 is 0. The molecule has 0 radical (unpaired) electrons. The maximum atomic E-state index is 5.27. The molecule has 3 atom stereocenters. The smallest absolute Gasteiger partial charge is 0.0465 e. The molecule has 20 heavy (non-hydrogen) atoms. The molecule has 0 aliphatic heterocycles. The van der Waals surface area contributed by atoms with Gasteiger partial charge in [-0.1, -0.05) is 38.1 Å². The minimum atomic E-state index is 0.578. The highest BCUT2D eigenvalue weighted by molar-refractivity contribution is 5.36. The molecule has 0 fully saturated rings. The van der Waals surface area contributed by atoms with Crippen molar-refractivity contribution in [1.29, 1.82) is 0 Å². The molecule has 1 N–H and O–H groups in total. The first-order valence-electron chi connectivity index (χ1n) is 8.08. The summed E-state index contributed by atoms with van der Waals surface area (Å²) in [6, 6.07) is 9.56. The van der Waals surface area contributed by atoms with E-state index in [4.69, 9.17) is 4.74 Å². The van der Waals surface area contributed by atoms with Gasteiger partial charge in [-0.2, -0.15) is 0 Å². The summed E-state index contributed by atoms with van der Waals surface area (Å²) in [5, 5.41) is 3.81. The van der Waals surface area contributed by atoms with Gasteiger partial charge in [-0.15, -0.1) is 0 Å². The summed E-state index contributed by atoms with van der Waals surface area (Å²) in [5.74, 6) is 1.32. The van der Waals surface area contributed by atoms with Crippen molar-refractivity contribution in [3.63, 3.8) is 0 Å². The van der Waals surface area contributed by atoms with Gasteiger partial charge in [0.15, 0.2) is 0 Å². The molecule has 1 aromatic rings. The Morgan fingerprint density at radius 1 is 1.35 bits per heavy atom. The Labute approximate surface area is 123 Å². The average molecular weight is 275 g/mol. The Bertz CT molecular complexity index is 404. The molecule has 3 unspecified atom stereocenters. The van der Waals surface area contributed by atoms with Crippen molar-refractivity contribution in [3.05, 3.63) is 35.4 Å². The van der Waals surface area contributed by atoms with E-state index in [0.29, 0.717) is 17.9 Å². The average Bonchev–Trinajstić information content (AvgIpc) is 2.89. The number of benzene rings is 1. The van der Waals surface area contributed by atoms with Crippen LogP contribution in [0.4, 0.5) is 0 Å². The zero-order chi connectivity index (χ0) is 14.4. The van der Waals surface area contributed by atoms with Crippen molar-refractivity contribution < 1.29 is 4.74 Å². The van der Waals surface area contributed by atoms with Crippen LogP contribution in [-0.4, -0.2) is 26.3 Å². The van der Waals surface area contributed by atoms with E-state index < -0.39 is 0 Å². The van der Waals surface area contributed by atoms with Crippen LogP contribution >= 0.6 is 0 Å². The Kier molecular flexibility index (Phi) is 6.06. The van der Waals surface area contributed by atoms with E-state index in [1.165, 1.54) is 19.3 Å². The minimum absolute atomic E-state index is 0.578. The molecule has 112 valence electrons. The van der Waals surface area contributed by atoms with Gasteiger partial charge >= 0.3 is 0 Å². The second kappa shape index (κ2) is 7.80. The van der Waals surface area contributed by atoms with E-state index in [2.05, 4.69) is 43.4 Å². The minimum Gasteiger partial charge on any atom is -0.385 e. The molecular weight excluding hydrogens is 246 g/mol. The molecule has 1 aromatic carbocycles. The second-order valence-corrected chi connectivity index (χ2v) is 6.08. The van der Waals surface area contributed by atoms with Crippen LogP contribution in [0.1, 0.15) is 50.2 Å². The number of aryl methyl sites for hydroxylation is 1. The summed E-state index contributed by atoms with van der Waals surface area (Å²) in [6.45, 7) is 6.58. The Hall–Kier alpha value is -0.860. The van der Waals surface area contributed by atoms with Crippen molar-refractivity contribution in [3.8, 4) is 0 Å². The van der Waals surface area contributed by atoms with Gasteiger partial charge in [-0.3, -0.25) is 0 Å². The maximum Gasteiger partial charge on any atom is 0.0465 e. The highest BCUT2D eigenvalue weighted by atomic mass is 16.5.